The fourth-order valence-electron chi connectivity index (χ4n) is 0.805. The van der Waals surface area contributed by atoms with Crippen LogP contribution in [0, 0.1) is 6.92 Å². The largest absolute Gasteiger partial charge is 0.363 e. The number of benzene rings is 1. The molecule has 1 aromatic carbocycles. The van der Waals surface area contributed by atoms with Crippen LogP contribution in [0.25, 0.3) is 0 Å². The summed E-state index contributed by atoms with van der Waals surface area (Å²) in [5, 5.41) is 0. The molecule has 1 unspecified atom stereocenters. The van der Waals surface area contributed by atoms with Crippen LogP contribution in [-0.2, 0) is 9.25 Å². The highest BCUT2D eigenvalue weighted by molar-refractivity contribution is 9.09. The molecule has 0 aliphatic carbocycles. The summed E-state index contributed by atoms with van der Waals surface area (Å²) in [7, 11) is 1.62. The van der Waals surface area contributed by atoms with Gasteiger partial charge in [-0.1, -0.05) is 30.3 Å². The van der Waals surface area contributed by atoms with Gasteiger partial charge < -0.3 is 4.74 Å². The van der Waals surface area contributed by atoms with Crippen LogP contribution in [0.2, 0.25) is 0 Å². The van der Waals surface area contributed by atoms with Gasteiger partial charge in [0.05, 0.1) is 0 Å². The van der Waals surface area contributed by atoms with Crippen molar-refractivity contribution in [3.05, 3.63) is 42.8 Å². The second-order valence-electron chi connectivity index (χ2n) is 2.30. The van der Waals surface area contributed by atoms with Crippen molar-refractivity contribution in [2.45, 2.75) is 4.51 Å². The highest BCUT2D eigenvalue weighted by Crippen LogP contribution is 2.30. The quantitative estimate of drug-likeness (QED) is 0.687. The van der Waals surface area contributed by atoms with Crippen LogP contribution in [0.15, 0.2) is 30.3 Å². The van der Waals surface area contributed by atoms with E-state index >= 15 is 0 Å². The fraction of sp³-hybridized carbons (Fsp3) is 0.222. The monoisotopic (exact) mass is 213 g/mol. The van der Waals surface area contributed by atoms with Crippen LogP contribution >= 0.6 is 15.9 Å². The van der Waals surface area contributed by atoms with Gasteiger partial charge in [0.1, 0.15) is 4.51 Å². The molecule has 0 aliphatic heterocycles. The molecule has 0 spiro atoms. The van der Waals surface area contributed by atoms with E-state index in [-0.39, 0.29) is 0 Å². The zero-order chi connectivity index (χ0) is 8.32. The Hall–Kier alpha value is -0.340. The van der Waals surface area contributed by atoms with Crippen LogP contribution < -0.4 is 0 Å². The van der Waals surface area contributed by atoms with E-state index in [0.29, 0.717) is 0 Å². The molecule has 1 aromatic rings. The van der Waals surface area contributed by atoms with Crippen LogP contribution in [0.5, 0.6) is 0 Å². The molecule has 0 aliphatic rings. The van der Waals surface area contributed by atoms with Crippen molar-refractivity contribution in [1.29, 1.82) is 0 Å². The maximum Gasteiger partial charge on any atom is 0.147 e. The van der Waals surface area contributed by atoms with E-state index in [1.165, 1.54) is 0 Å². The van der Waals surface area contributed by atoms with E-state index < -0.39 is 4.51 Å². The Kier molecular flexibility index (Phi) is 2.68. The van der Waals surface area contributed by atoms with Gasteiger partial charge in [0, 0.05) is 7.11 Å². The predicted octanol–water partition coefficient (Wildman–Crippen LogP) is 2.71. The van der Waals surface area contributed by atoms with Gasteiger partial charge in [-0.05, 0) is 28.4 Å². The molecule has 11 heavy (non-hydrogen) atoms. The minimum absolute atomic E-state index is 0.603. The molecular weight excluding hydrogens is 204 g/mol. The number of ether oxygens (including phenoxy) is 1. The molecule has 0 saturated heterocycles. The first kappa shape index (κ1) is 8.75. The number of methoxy groups -OCH3 is 1. The number of hydrogen-bond acceptors (Lipinski definition) is 1. The normalized spacial score (nSPS) is 15.9. The average Bonchev–Trinajstić information content (AvgIpc) is 2.06. The molecule has 0 saturated carbocycles. The van der Waals surface area contributed by atoms with Crippen LogP contribution in [0.1, 0.15) is 5.56 Å². The Bertz CT molecular complexity index is 218. The first-order valence-electron chi connectivity index (χ1n) is 3.32. The summed E-state index contributed by atoms with van der Waals surface area (Å²) in [6.45, 7) is 3.85. The summed E-state index contributed by atoms with van der Waals surface area (Å²) in [5.74, 6) is 0. The van der Waals surface area contributed by atoms with Crippen LogP contribution in [-0.4, -0.2) is 7.11 Å². The molecule has 0 aromatic heterocycles. The molecule has 1 rings (SSSR count). The van der Waals surface area contributed by atoms with E-state index in [1.54, 1.807) is 7.11 Å². The minimum Gasteiger partial charge on any atom is -0.363 e. The molecule has 0 fully saturated rings. The molecule has 0 amide bonds. The lowest BCUT2D eigenvalue weighted by Gasteiger charge is -2.20. The number of halogens is 1. The number of alkyl halides is 1. The van der Waals surface area contributed by atoms with Crippen LogP contribution in [0.3, 0.4) is 0 Å². The highest BCUT2D eigenvalue weighted by atomic mass is 79.9. The van der Waals surface area contributed by atoms with E-state index in [2.05, 4.69) is 22.9 Å². The van der Waals surface area contributed by atoms with E-state index in [0.717, 1.165) is 5.56 Å². The second-order valence-corrected chi connectivity index (χ2v) is 3.58. The Labute approximate surface area is 75.5 Å². The number of hydrogen-bond donors (Lipinski definition) is 0. The molecule has 1 atom stereocenters. The summed E-state index contributed by atoms with van der Waals surface area (Å²) < 4.78 is 4.53. The van der Waals surface area contributed by atoms with Gasteiger partial charge in [0.15, 0.2) is 0 Å². The third kappa shape index (κ3) is 2.04. The topological polar surface area (TPSA) is 9.23 Å². The van der Waals surface area contributed by atoms with Crippen LogP contribution in [0.4, 0.5) is 0 Å². The Morgan fingerprint density at radius 1 is 1.36 bits per heavy atom. The van der Waals surface area contributed by atoms with Crippen molar-refractivity contribution >= 4 is 15.9 Å². The maximum atomic E-state index is 5.13. The summed E-state index contributed by atoms with van der Waals surface area (Å²) >= 11 is 3.36. The van der Waals surface area contributed by atoms with Gasteiger partial charge in [-0.2, -0.15) is 0 Å². The van der Waals surface area contributed by atoms with E-state index in [4.69, 9.17) is 4.74 Å². The smallest absolute Gasteiger partial charge is 0.147 e. The van der Waals surface area contributed by atoms with Gasteiger partial charge >= 0.3 is 0 Å². The molecule has 0 bridgehead atoms. The van der Waals surface area contributed by atoms with Gasteiger partial charge in [0.2, 0.25) is 0 Å². The SMILES string of the molecule is [CH2]C(Br)(OC)c1ccccc1. The van der Waals surface area contributed by atoms with E-state index in [9.17, 15) is 0 Å². The summed E-state index contributed by atoms with van der Waals surface area (Å²) in [4.78, 5) is 0. The lowest BCUT2D eigenvalue weighted by Crippen LogP contribution is -2.15. The maximum absolute atomic E-state index is 5.13. The Morgan fingerprint density at radius 3 is 2.36 bits per heavy atom. The minimum atomic E-state index is -0.603. The number of rotatable bonds is 2. The van der Waals surface area contributed by atoms with Gasteiger partial charge in [-0.25, -0.2) is 0 Å². The van der Waals surface area contributed by atoms with Crippen molar-refractivity contribution in [2.24, 2.45) is 0 Å². The summed E-state index contributed by atoms with van der Waals surface area (Å²) in [6.07, 6.45) is 0. The molecule has 1 nitrogen and oxygen atoms in total. The molecule has 0 heterocycles. The fourth-order valence-corrected chi connectivity index (χ4v) is 1.07. The van der Waals surface area contributed by atoms with Crippen molar-refractivity contribution < 1.29 is 4.74 Å². The van der Waals surface area contributed by atoms with Crippen molar-refractivity contribution in [1.82, 2.24) is 0 Å². The van der Waals surface area contributed by atoms with Crippen molar-refractivity contribution in [2.75, 3.05) is 7.11 Å². The lowest BCUT2D eigenvalue weighted by molar-refractivity contribution is 0.115. The first-order valence-corrected chi connectivity index (χ1v) is 4.11. The third-order valence-electron chi connectivity index (χ3n) is 1.53. The van der Waals surface area contributed by atoms with Gasteiger partial charge in [-0.3, -0.25) is 0 Å². The highest BCUT2D eigenvalue weighted by Gasteiger charge is 2.20. The first-order chi connectivity index (χ1) is 5.17. The van der Waals surface area contributed by atoms with Gasteiger partial charge in [-0.15, -0.1) is 0 Å². The zero-order valence-electron chi connectivity index (χ0n) is 6.38. The molecule has 2 heteroatoms. The van der Waals surface area contributed by atoms with Crippen molar-refractivity contribution in [3.63, 3.8) is 0 Å². The third-order valence-corrected chi connectivity index (χ3v) is 2.31. The lowest BCUT2D eigenvalue weighted by atomic mass is 10.1. The molecule has 0 N–H and O–H groups in total. The van der Waals surface area contributed by atoms with E-state index in [1.807, 2.05) is 30.3 Å². The standard InChI is InChI=1S/C9H10BrO/c1-9(10,11-2)8-6-4-3-5-7-8/h3-7H,1H2,2H3. The molecule has 59 valence electrons. The predicted molar refractivity (Wildman–Crippen MR) is 49.4 cm³/mol. The van der Waals surface area contributed by atoms with Crippen molar-refractivity contribution in [3.8, 4) is 0 Å². The molecule has 1 radical (unpaired) electrons. The van der Waals surface area contributed by atoms with Gasteiger partial charge in [0.25, 0.3) is 0 Å². The Morgan fingerprint density at radius 2 is 1.91 bits per heavy atom. The summed E-state index contributed by atoms with van der Waals surface area (Å²) in [6, 6.07) is 9.80. The molecular formula is C9H10BrO. The Balaban J connectivity index is 2.93. The average molecular weight is 214 g/mol. The second kappa shape index (κ2) is 3.37. The summed E-state index contributed by atoms with van der Waals surface area (Å²) in [5.41, 5.74) is 1.02. The zero-order valence-corrected chi connectivity index (χ0v) is 7.97.